The van der Waals surface area contributed by atoms with Crippen LogP contribution in [0.2, 0.25) is 0 Å². The Bertz CT molecular complexity index is 1690. The molecule has 5 rings (SSSR count). The van der Waals surface area contributed by atoms with Gasteiger partial charge in [-0.25, -0.2) is 4.79 Å². The molecule has 2 aliphatic heterocycles. The molecule has 0 bridgehead atoms. The summed E-state index contributed by atoms with van der Waals surface area (Å²) >= 11 is 0. The molecule has 3 amide bonds. The van der Waals surface area contributed by atoms with Crippen molar-refractivity contribution >= 4 is 44.9 Å². The van der Waals surface area contributed by atoms with Gasteiger partial charge >= 0.3 is 6.09 Å². The predicted octanol–water partition coefficient (Wildman–Crippen LogP) is 3.31. The molecule has 3 heterocycles. The molecule has 13 nitrogen and oxygen atoms in total. The van der Waals surface area contributed by atoms with Crippen LogP contribution in [0.25, 0.3) is 11.0 Å². The van der Waals surface area contributed by atoms with Gasteiger partial charge in [0, 0.05) is 37.6 Å². The molecule has 2 fully saturated rings. The number of carbonyl (C=O) groups is 4. The number of nitrogens with zero attached hydrogens (tertiary/aromatic N) is 3. The van der Waals surface area contributed by atoms with Crippen molar-refractivity contribution < 1.29 is 36.7 Å². The molecule has 2 aromatic carbocycles. The number of ether oxygens (including phenoxy) is 1. The van der Waals surface area contributed by atoms with E-state index in [9.17, 15) is 27.6 Å². The van der Waals surface area contributed by atoms with Crippen molar-refractivity contribution in [3.8, 4) is 0 Å². The Hall–Kier alpha value is -4.27. The lowest BCUT2D eigenvalue weighted by Crippen LogP contribution is -2.56. The fourth-order valence-corrected chi connectivity index (χ4v) is 7.72. The molecule has 0 unspecified atom stereocenters. The number of benzene rings is 2. The summed E-state index contributed by atoms with van der Waals surface area (Å²) in [5, 5.41) is 6.29. The third-order valence-electron chi connectivity index (χ3n) is 8.68. The molecule has 0 aliphatic carbocycles. The van der Waals surface area contributed by atoms with Gasteiger partial charge in [-0.3, -0.25) is 14.4 Å². The minimum Gasteiger partial charge on any atom is -0.451 e. The number of amides is 3. The van der Waals surface area contributed by atoms with Crippen molar-refractivity contribution in [3.63, 3.8) is 0 Å². The molecule has 48 heavy (non-hydrogen) atoms. The van der Waals surface area contributed by atoms with Gasteiger partial charge in [-0.2, -0.15) is 17.0 Å². The SMILES string of the molecule is CC(C)C[C@H](NC(=O)c1cc2ccccc2o1)C(=O)N[C@H]1CC[C@@H](C)N(S(=O)(=O)N2CCN(C(=O)OCc3ccccc3)CC2)CC1=O. The predicted molar refractivity (Wildman–Crippen MR) is 178 cm³/mol. The summed E-state index contributed by atoms with van der Waals surface area (Å²) in [6, 6.07) is 15.7. The Labute approximate surface area is 280 Å². The smallest absolute Gasteiger partial charge is 0.410 e. The van der Waals surface area contributed by atoms with Crippen LogP contribution in [0.5, 0.6) is 0 Å². The van der Waals surface area contributed by atoms with Crippen LogP contribution < -0.4 is 10.6 Å². The monoisotopic (exact) mass is 681 g/mol. The Morgan fingerprint density at radius 2 is 1.67 bits per heavy atom. The van der Waals surface area contributed by atoms with E-state index in [-0.39, 0.29) is 50.9 Å². The van der Waals surface area contributed by atoms with Crippen molar-refractivity contribution in [2.24, 2.45) is 5.92 Å². The van der Waals surface area contributed by atoms with Gasteiger partial charge in [0.1, 0.15) is 18.2 Å². The third kappa shape index (κ3) is 8.41. The quantitative estimate of drug-likeness (QED) is 0.330. The van der Waals surface area contributed by atoms with E-state index in [1.807, 2.05) is 56.3 Å². The van der Waals surface area contributed by atoms with E-state index in [1.165, 1.54) is 13.5 Å². The van der Waals surface area contributed by atoms with Gasteiger partial charge in [-0.15, -0.1) is 0 Å². The van der Waals surface area contributed by atoms with E-state index < -0.39 is 58.6 Å². The van der Waals surface area contributed by atoms with E-state index in [4.69, 9.17) is 9.15 Å². The maximum Gasteiger partial charge on any atom is 0.410 e. The first-order valence-corrected chi connectivity index (χ1v) is 17.7. The van der Waals surface area contributed by atoms with Crippen LogP contribution in [-0.4, -0.2) is 96.5 Å². The second-order valence-corrected chi connectivity index (χ2v) is 14.6. The van der Waals surface area contributed by atoms with Crippen LogP contribution in [0.3, 0.4) is 0 Å². The van der Waals surface area contributed by atoms with E-state index in [1.54, 1.807) is 25.1 Å². The largest absolute Gasteiger partial charge is 0.451 e. The minimum absolute atomic E-state index is 0.0494. The Balaban J connectivity index is 1.17. The fraction of sp³-hybridized carbons (Fsp3) is 0.471. The number of ketones is 1. The number of Topliss-reactive ketones (excluding diaryl/α,β-unsaturated/α-hetero) is 1. The van der Waals surface area contributed by atoms with E-state index in [0.717, 1.165) is 10.9 Å². The zero-order chi connectivity index (χ0) is 34.4. The molecule has 0 saturated carbocycles. The molecule has 0 radical (unpaired) electrons. The number of rotatable bonds is 10. The number of furan rings is 1. The molecule has 2 aliphatic rings. The zero-order valence-corrected chi connectivity index (χ0v) is 28.3. The number of fused-ring (bicyclic) bond motifs is 1. The highest BCUT2D eigenvalue weighted by molar-refractivity contribution is 7.86. The van der Waals surface area contributed by atoms with Gasteiger partial charge in [0.05, 0.1) is 12.6 Å². The van der Waals surface area contributed by atoms with Gasteiger partial charge < -0.3 is 24.7 Å². The first-order chi connectivity index (χ1) is 22.9. The van der Waals surface area contributed by atoms with E-state index in [2.05, 4.69) is 10.6 Å². The van der Waals surface area contributed by atoms with E-state index >= 15 is 0 Å². The molecule has 0 spiro atoms. The minimum atomic E-state index is -4.05. The van der Waals surface area contributed by atoms with Crippen molar-refractivity contribution in [3.05, 3.63) is 72.0 Å². The van der Waals surface area contributed by atoms with Gasteiger partial charge in [0.15, 0.2) is 11.5 Å². The highest BCUT2D eigenvalue weighted by atomic mass is 32.2. The lowest BCUT2D eigenvalue weighted by Gasteiger charge is -2.37. The maximum absolute atomic E-state index is 13.7. The molecule has 3 atom stereocenters. The molecule has 258 valence electrons. The molecule has 2 saturated heterocycles. The zero-order valence-electron chi connectivity index (χ0n) is 27.5. The molecule has 1 aromatic heterocycles. The fourth-order valence-electron chi connectivity index (χ4n) is 5.95. The number of hydrogen-bond acceptors (Lipinski definition) is 8. The lowest BCUT2D eigenvalue weighted by atomic mass is 10.0. The van der Waals surface area contributed by atoms with Crippen molar-refractivity contribution in [2.75, 3.05) is 32.7 Å². The summed E-state index contributed by atoms with van der Waals surface area (Å²) in [4.78, 5) is 54.0. The normalized spacial score (nSPS) is 20.3. The summed E-state index contributed by atoms with van der Waals surface area (Å²) in [7, 11) is -4.05. The number of nitrogens with one attached hydrogen (secondary N) is 2. The summed E-state index contributed by atoms with van der Waals surface area (Å²) in [5.41, 5.74) is 1.40. The van der Waals surface area contributed by atoms with Gasteiger partial charge in [0.25, 0.3) is 16.1 Å². The van der Waals surface area contributed by atoms with Crippen molar-refractivity contribution in [1.29, 1.82) is 0 Å². The van der Waals surface area contributed by atoms with Gasteiger partial charge in [0.2, 0.25) is 5.91 Å². The van der Waals surface area contributed by atoms with Gasteiger partial charge in [-0.1, -0.05) is 62.4 Å². The molecule has 3 aromatic rings. The summed E-state index contributed by atoms with van der Waals surface area (Å²) in [5.74, 6) is -1.39. The molecule has 14 heteroatoms. The van der Waals surface area contributed by atoms with Crippen molar-refractivity contribution in [1.82, 2.24) is 24.1 Å². The van der Waals surface area contributed by atoms with Crippen LogP contribution in [0.1, 0.15) is 56.2 Å². The van der Waals surface area contributed by atoms with Crippen LogP contribution in [-0.2, 0) is 31.1 Å². The topological polar surface area (TPSA) is 159 Å². The summed E-state index contributed by atoms with van der Waals surface area (Å²) < 4.78 is 41.0. The number of carbonyl (C=O) groups excluding carboxylic acids is 4. The highest BCUT2D eigenvalue weighted by Crippen LogP contribution is 2.23. The number of para-hydroxylation sites is 1. The first-order valence-electron chi connectivity index (χ1n) is 16.3. The Morgan fingerprint density at radius 1 is 0.979 bits per heavy atom. The second-order valence-electron chi connectivity index (χ2n) is 12.7. The van der Waals surface area contributed by atoms with Crippen molar-refractivity contribution in [2.45, 2.75) is 64.8 Å². The molecular weight excluding hydrogens is 638 g/mol. The molecular formula is C34H43N5O8S. The average Bonchev–Trinajstić information content (AvgIpc) is 3.46. The Kier molecular flexibility index (Phi) is 11.2. The highest BCUT2D eigenvalue weighted by Gasteiger charge is 2.41. The van der Waals surface area contributed by atoms with Crippen LogP contribution in [0.15, 0.2) is 65.1 Å². The van der Waals surface area contributed by atoms with Crippen LogP contribution in [0, 0.1) is 5.92 Å². The number of piperazine rings is 1. The Morgan fingerprint density at radius 3 is 2.35 bits per heavy atom. The average molecular weight is 682 g/mol. The summed E-state index contributed by atoms with van der Waals surface area (Å²) in [6.07, 6.45) is 0.380. The lowest BCUT2D eigenvalue weighted by molar-refractivity contribution is -0.129. The first kappa shape index (κ1) is 35.0. The summed E-state index contributed by atoms with van der Waals surface area (Å²) in [6.45, 7) is 5.71. The van der Waals surface area contributed by atoms with Gasteiger partial charge in [-0.05, 0) is 49.8 Å². The number of hydrogen-bond donors (Lipinski definition) is 2. The maximum atomic E-state index is 13.7. The van der Waals surface area contributed by atoms with Crippen LogP contribution in [0.4, 0.5) is 4.79 Å². The standard InChI is InChI=1S/C34H43N5O8S/c1-23(2)19-28(36-33(42)31-20-26-11-7-8-12-30(26)47-31)32(41)35-27-14-13-24(3)39(21-29(27)40)48(44,45)38-17-15-37(16-18-38)34(43)46-22-25-9-5-4-6-10-25/h4-12,20,23-24,27-28H,13-19,21-22H2,1-3H3,(H,35,41)(H,36,42)/t24-,27+,28+/m1/s1. The molecule has 2 N–H and O–H groups in total. The van der Waals surface area contributed by atoms with Crippen LogP contribution >= 0.6 is 0 Å². The second kappa shape index (κ2) is 15.3. The third-order valence-corrected chi connectivity index (χ3v) is 10.8. The van der Waals surface area contributed by atoms with E-state index in [0.29, 0.717) is 18.4 Å².